The maximum atomic E-state index is 13.3. The number of thiazole rings is 1. The molecule has 3 aromatic rings. The molecule has 1 aromatic carbocycles. The molecule has 10 heteroatoms. The summed E-state index contributed by atoms with van der Waals surface area (Å²) in [5.74, 6) is -0.482. The number of non-ortho nitro benzene ring substituents is 1. The second-order valence-electron chi connectivity index (χ2n) is 7.05. The third-order valence-corrected chi connectivity index (χ3v) is 6.90. The Morgan fingerprint density at radius 1 is 1.30 bits per heavy atom. The number of hydrogen-bond acceptors (Lipinski definition) is 8. The Hall–Kier alpha value is -3.63. The number of hydrogen-bond donors (Lipinski definition) is 0. The van der Waals surface area contributed by atoms with Crippen LogP contribution in [0.4, 0.5) is 5.69 Å². The van der Waals surface area contributed by atoms with Gasteiger partial charge in [-0.25, -0.2) is 9.79 Å². The highest BCUT2D eigenvalue weighted by Crippen LogP contribution is 2.33. The van der Waals surface area contributed by atoms with Crippen LogP contribution < -0.4 is 14.9 Å². The molecule has 0 aliphatic carbocycles. The Bertz CT molecular complexity index is 1440. The first kappa shape index (κ1) is 22.6. The SMILES string of the molecule is CCOC(=O)C1=C(C)N=c2s/c(=C/C=C/c3ccc([N+](=O)[O-])cc3)c(=O)n2C1c1cccs1. The van der Waals surface area contributed by atoms with Gasteiger partial charge in [0, 0.05) is 17.0 Å². The number of nitrogens with zero attached hydrogens (tertiary/aromatic N) is 3. The van der Waals surface area contributed by atoms with Gasteiger partial charge in [0.15, 0.2) is 4.80 Å². The average Bonchev–Trinajstić information content (AvgIpc) is 3.42. The molecule has 0 saturated carbocycles. The summed E-state index contributed by atoms with van der Waals surface area (Å²) < 4.78 is 7.26. The van der Waals surface area contributed by atoms with Gasteiger partial charge in [-0.3, -0.25) is 19.5 Å². The highest BCUT2D eigenvalue weighted by Gasteiger charge is 2.33. The third kappa shape index (κ3) is 4.48. The lowest BCUT2D eigenvalue weighted by atomic mass is 10.0. The van der Waals surface area contributed by atoms with Gasteiger partial charge in [0.2, 0.25) is 0 Å². The minimum Gasteiger partial charge on any atom is -0.463 e. The highest BCUT2D eigenvalue weighted by atomic mass is 32.1. The summed E-state index contributed by atoms with van der Waals surface area (Å²) in [6.07, 6.45) is 5.15. The van der Waals surface area contributed by atoms with Crippen molar-refractivity contribution in [2.75, 3.05) is 6.61 Å². The van der Waals surface area contributed by atoms with E-state index in [4.69, 9.17) is 4.74 Å². The van der Waals surface area contributed by atoms with E-state index in [9.17, 15) is 19.7 Å². The number of thiophene rings is 1. The molecule has 8 nitrogen and oxygen atoms in total. The Balaban J connectivity index is 1.76. The molecule has 2 aromatic heterocycles. The normalized spacial score (nSPS) is 16.1. The number of carbonyl (C=O) groups is 1. The van der Waals surface area contributed by atoms with Crippen molar-refractivity contribution >= 4 is 46.5 Å². The lowest BCUT2D eigenvalue weighted by Gasteiger charge is -2.23. The third-order valence-electron chi connectivity index (χ3n) is 4.97. The van der Waals surface area contributed by atoms with Crippen LogP contribution in [-0.4, -0.2) is 22.1 Å². The van der Waals surface area contributed by atoms with Crippen LogP contribution in [0.3, 0.4) is 0 Å². The maximum Gasteiger partial charge on any atom is 0.338 e. The van der Waals surface area contributed by atoms with E-state index in [2.05, 4.69) is 4.99 Å². The number of benzene rings is 1. The summed E-state index contributed by atoms with van der Waals surface area (Å²) in [4.78, 5) is 42.3. The van der Waals surface area contributed by atoms with Crippen LogP contribution in [0.2, 0.25) is 0 Å². The van der Waals surface area contributed by atoms with Gasteiger partial charge in [0.1, 0.15) is 6.04 Å². The Labute approximate surface area is 196 Å². The van der Waals surface area contributed by atoms with Gasteiger partial charge >= 0.3 is 5.97 Å². The number of carbonyl (C=O) groups excluding carboxylic acids is 1. The van der Waals surface area contributed by atoms with E-state index < -0.39 is 16.9 Å². The molecule has 0 saturated heterocycles. The van der Waals surface area contributed by atoms with Gasteiger partial charge in [-0.05, 0) is 49.1 Å². The van der Waals surface area contributed by atoms with Gasteiger partial charge in [-0.1, -0.05) is 29.6 Å². The summed E-state index contributed by atoms with van der Waals surface area (Å²) in [7, 11) is 0. The Morgan fingerprint density at radius 2 is 2.06 bits per heavy atom. The number of aromatic nitrogens is 1. The van der Waals surface area contributed by atoms with Crippen LogP contribution >= 0.6 is 22.7 Å². The number of nitro groups is 1. The van der Waals surface area contributed by atoms with Gasteiger partial charge in [-0.15, -0.1) is 11.3 Å². The predicted octanol–water partition coefficient (Wildman–Crippen LogP) is 3.43. The quantitative estimate of drug-likeness (QED) is 0.305. The summed E-state index contributed by atoms with van der Waals surface area (Å²) in [6, 6.07) is 9.29. The smallest absolute Gasteiger partial charge is 0.338 e. The number of rotatable bonds is 6. The minimum atomic E-state index is -0.596. The molecule has 0 spiro atoms. The largest absolute Gasteiger partial charge is 0.463 e. The maximum absolute atomic E-state index is 13.3. The van der Waals surface area contributed by atoms with Gasteiger partial charge < -0.3 is 4.74 Å². The van der Waals surface area contributed by atoms with E-state index >= 15 is 0 Å². The second kappa shape index (κ2) is 9.47. The van der Waals surface area contributed by atoms with Crippen molar-refractivity contribution in [3.63, 3.8) is 0 Å². The highest BCUT2D eigenvalue weighted by molar-refractivity contribution is 7.10. The van der Waals surface area contributed by atoms with Gasteiger partial charge in [-0.2, -0.15) is 0 Å². The molecular formula is C23H19N3O5S2. The first-order valence-corrected chi connectivity index (χ1v) is 11.7. The summed E-state index contributed by atoms with van der Waals surface area (Å²) in [5, 5.41) is 12.7. The van der Waals surface area contributed by atoms with Crippen molar-refractivity contribution in [2.24, 2.45) is 4.99 Å². The van der Waals surface area contributed by atoms with Crippen molar-refractivity contribution < 1.29 is 14.5 Å². The lowest BCUT2D eigenvalue weighted by molar-refractivity contribution is -0.384. The summed E-state index contributed by atoms with van der Waals surface area (Å²) in [6.45, 7) is 3.71. The molecule has 0 radical (unpaired) electrons. The zero-order valence-electron chi connectivity index (χ0n) is 17.8. The number of fused-ring (bicyclic) bond motifs is 1. The van der Waals surface area contributed by atoms with Crippen LogP contribution in [0, 0.1) is 10.1 Å². The monoisotopic (exact) mass is 481 g/mol. The zero-order valence-corrected chi connectivity index (χ0v) is 19.4. The molecule has 0 fully saturated rings. The number of esters is 1. The topological polar surface area (TPSA) is 104 Å². The van der Waals surface area contributed by atoms with E-state index in [0.717, 1.165) is 10.4 Å². The van der Waals surface area contributed by atoms with Crippen LogP contribution in [0.15, 0.2) is 68.9 Å². The standard InChI is InChI=1S/C23H19N3O5S2/c1-3-31-22(28)19-14(2)24-23-25(20(19)17-8-5-13-32-17)21(27)18(33-23)7-4-6-15-9-11-16(12-10-15)26(29)30/h4-13,20H,3H2,1-2H3/b6-4+,18-7+. The molecule has 1 aliphatic heterocycles. The molecule has 1 atom stereocenters. The molecule has 1 unspecified atom stereocenters. The van der Waals surface area contributed by atoms with Crippen molar-refractivity contribution in [2.45, 2.75) is 19.9 Å². The molecule has 3 heterocycles. The molecule has 0 N–H and O–H groups in total. The molecular weight excluding hydrogens is 462 g/mol. The first-order chi connectivity index (χ1) is 15.9. The van der Waals surface area contributed by atoms with Gasteiger partial charge in [0.25, 0.3) is 11.2 Å². The fourth-order valence-corrected chi connectivity index (χ4v) is 5.30. The first-order valence-electron chi connectivity index (χ1n) is 10.0. The number of ether oxygens (including phenoxy) is 1. The van der Waals surface area contributed by atoms with E-state index in [-0.39, 0.29) is 17.9 Å². The Kier molecular flexibility index (Phi) is 6.47. The fraction of sp³-hybridized carbons (Fsp3) is 0.174. The summed E-state index contributed by atoms with van der Waals surface area (Å²) in [5.41, 5.74) is 1.42. The van der Waals surface area contributed by atoms with Crippen LogP contribution in [-0.2, 0) is 9.53 Å². The second-order valence-corrected chi connectivity index (χ2v) is 9.04. The van der Waals surface area contributed by atoms with Crippen LogP contribution in [0.5, 0.6) is 0 Å². The zero-order chi connectivity index (χ0) is 23.5. The van der Waals surface area contributed by atoms with E-state index in [1.54, 1.807) is 48.8 Å². The van der Waals surface area contributed by atoms with E-state index in [1.165, 1.54) is 34.8 Å². The van der Waals surface area contributed by atoms with Crippen molar-refractivity contribution in [1.29, 1.82) is 0 Å². The van der Waals surface area contributed by atoms with E-state index in [0.29, 0.717) is 20.6 Å². The van der Waals surface area contributed by atoms with Gasteiger partial charge in [0.05, 0.1) is 27.3 Å². The number of allylic oxidation sites excluding steroid dienone is 2. The van der Waals surface area contributed by atoms with Crippen molar-refractivity contribution in [1.82, 2.24) is 4.57 Å². The molecule has 33 heavy (non-hydrogen) atoms. The average molecular weight is 482 g/mol. The molecule has 1 aliphatic rings. The predicted molar refractivity (Wildman–Crippen MR) is 128 cm³/mol. The van der Waals surface area contributed by atoms with Crippen molar-refractivity contribution in [3.8, 4) is 0 Å². The minimum absolute atomic E-state index is 0.0156. The summed E-state index contributed by atoms with van der Waals surface area (Å²) >= 11 is 2.70. The fourth-order valence-electron chi connectivity index (χ4n) is 3.48. The van der Waals surface area contributed by atoms with E-state index in [1.807, 2.05) is 17.5 Å². The molecule has 0 amide bonds. The molecule has 0 bridgehead atoms. The van der Waals surface area contributed by atoms with Crippen molar-refractivity contribution in [3.05, 3.63) is 99.4 Å². The molecule has 168 valence electrons. The number of nitro benzene ring substituents is 1. The van der Waals surface area contributed by atoms with Crippen LogP contribution in [0.25, 0.3) is 12.2 Å². The van der Waals surface area contributed by atoms with Crippen LogP contribution in [0.1, 0.15) is 30.3 Å². The lowest BCUT2D eigenvalue weighted by Crippen LogP contribution is -2.39. The molecule has 4 rings (SSSR count). The Morgan fingerprint density at radius 3 is 2.70 bits per heavy atom.